The van der Waals surface area contributed by atoms with Crippen molar-refractivity contribution in [3.8, 4) is 11.8 Å². The van der Waals surface area contributed by atoms with Crippen molar-refractivity contribution in [1.29, 1.82) is 5.26 Å². The molecule has 0 aliphatic carbocycles. The minimum Gasteiger partial charge on any atom is -0.489 e. The van der Waals surface area contributed by atoms with Gasteiger partial charge in [0.25, 0.3) is 0 Å². The lowest BCUT2D eigenvalue weighted by Crippen LogP contribution is -2.12. The Labute approximate surface area is 96.8 Å². The molecule has 1 aromatic rings. The Balaban J connectivity index is 3.04. The first-order valence-corrected chi connectivity index (χ1v) is 4.87. The summed E-state index contributed by atoms with van der Waals surface area (Å²) in [4.78, 5) is 11.2. The number of hydrogen-bond acceptors (Lipinski definition) is 3. The van der Waals surface area contributed by atoms with Gasteiger partial charge in [0.2, 0.25) is 5.91 Å². The zero-order chi connectivity index (χ0) is 12.8. The maximum Gasteiger partial charge on any atom is 0.238 e. The summed E-state index contributed by atoms with van der Waals surface area (Å²) in [6.45, 7) is 1.80. The Kier molecular flexibility index (Phi) is 4.40. The average Bonchev–Trinajstić information content (AvgIpc) is 2.23. The highest BCUT2D eigenvalue weighted by Gasteiger charge is 2.14. The monoisotopic (exact) mass is 240 g/mol. The predicted molar refractivity (Wildman–Crippen MR) is 56.4 cm³/mol. The van der Waals surface area contributed by atoms with Crippen LogP contribution in [0.4, 0.5) is 14.5 Å². The van der Waals surface area contributed by atoms with Crippen LogP contribution in [0.2, 0.25) is 0 Å². The summed E-state index contributed by atoms with van der Waals surface area (Å²) < 4.78 is 31.3. The molecule has 0 fully saturated rings. The third-order valence-electron chi connectivity index (χ3n) is 1.81. The SMILES string of the molecule is CCOc1c(F)cc(F)cc1NC(=O)CC#N. The fourth-order valence-electron chi connectivity index (χ4n) is 1.21. The van der Waals surface area contributed by atoms with Crippen LogP contribution in [0.1, 0.15) is 13.3 Å². The lowest BCUT2D eigenvalue weighted by molar-refractivity contribution is -0.115. The Morgan fingerprint density at radius 3 is 2.82 bits per heavy atom. The summed E-state index contributed by atoms with van der Waals surface area (Å²) >= 11 is 0. The number of rotatable bonds is 4. The van der Waals surface area contributed by atoms with E-state index in [2.05, 4.69) is 5.32 Å². The normalized spacial score (nSPS) is 9.53. The van der Waals surface area contributed by atoms with Crippen LogP contribution in [0.3, 0.4) is 0 Å². The van der Waals surface area contributed by atoms with Crippen LogP contribution in [0, 0.1) is 23.0 Å². The maximum atomic E-state index is 13.4. The van der Waals surface area contributed by atoms with Gasteiger partial charge in [0.05, 0.1) is 18.4 Å². The number of hydrogen-bond donors (Lipinski definition) is 1. The number of halogens is 2. The minimum absolute atomic E-state index is 0.121. The van der Waals surface area contributed by atoms with Gasteiger partial charge in [-0.1, -0.05) is 0 Å². The average molecular weight is 240 g/mol. The molecule has 0 saturated heterocycles. The van der Waals surface area contributed by atoms with E-state index in [0.717, 1.165) is 6.07 Å². The molecule has 6 heteroatoms. The Bertz CT molecular complexity index is 469. The van der Waals surface area contributed by atoms with Crippen LogP contribution in [0.5, 0.6) is 5.75 Å². The molecule has 0 spiro atoms. The number of nitrogens with one attached hydrogen (secondary N) is 1. The van der Waals surface area contributed by atoms with Gasteiger partial charge in [-0.2, -0.15) is 5.26 Å². The topological polar surface area (TPSA) is 62.1 Å². The standard InChI is InChI=1S/C11H10F2N2O2/c1-2-17-11-8(13)5-7(12)6-9(11)15-10(16)3-4-14/h5-6H,2-3H2,1H3,(H,15,16). The fourth-order valence-corrected chi connectivity index (χ4v) is 1.21. The zero-order valence-electron chi connectivity index (χ0n) is 9.09. The molecule has 0 aliphatic heterocycles. The third-order valence-corrected chi connectivity index (χ3v) is 1.81. The molecule has 0 radical (unpaired) electrons. The summed E-state index contributed by atoms with van der Waals surface area (Å²) in [5.74, 6) is -2.63. The first-order valence-electron chi connectivity index (χ1n) is 4.87. The molecule has 0 heterocycles. The lowest BCUT2D eigenvalue weighted by atomic mass is 10.2. The van der Waals surface area contributed by atoms with E-state index < -0.39 is 24.0 Å². The highest BCUT2D eigenvalue weighted by Crippen LogP contribution is 2.29. The number of anilines is 1. The Morgan fingerprint density at radius 1 is 1.53 bits per heavy atom. The van der Waals surface area contributed by atoms with E-state index in [1.807, 2.05) is 0 Å². The molecule has 4 nitrogen and oxygen atoms in total. The molecule has 17 heavy (non-hydrogen) atoms. The molecule has 0 bridgehead atoms. The number of benzene rings is 1. The number of ether oxygens (including phenoxy) is 1. The van der Waals surface area contributed by atoms with E-state index in [0.29, 0.717) is 6.07 Å². The highest BCUT2D eigenvalue weighted by molar-refractivity contribution is 5.93. The predicted octanol–water partition coefficient (Wildman–Crippen LogP) is 2.22. The van der Waals surface area contributed by atoms with Crippen molar-refractivity contribution in [2.45, 2.75) is 13.3 Å². The van der Waals surface area contributed by atoms with Gasteiger partial charge in [-0.05, 0) is 6.92 Å². The van der Waals surface area contributed by atoms with E-state index >= 15 is 0 Å². The summed E-state index contributed by atoms with van der Waals surface area (Å²) in [5.41, 5.74) is -0.121. The zero-order valence-corrected chi connectivity index (χ0v) is 9.09. The van der Waals surface area contributed by atoms with Crippen molar-refractivity contribution in [2.75, 3.05) is 11.9 Å². The summed E-state index contributed by atoms with van der Waals surface area (Å²) in [6.07, 6.45) is -0.399. The van der Waals surface area contributed by atoms with E-state index in [9.17, 15) is 13.6 Å². The largest absolute Gasteiger partial charge is 0.489 e. The van der Waals surface area contributed by atoms with Crippen LogP contribution in [-0.2, 0) is 4.79 Å². The summed E-state index contributed by atoms with van der Waals surface area (Å²) in [6, 6.07) is 3.22. The van der Waals surface area contributed by atoms with Crippen LogP contribution in [0.25, 0.3) is 0 Å². The van der Waals surface area contributed by atoms with Gasteiger partial charge in [-0.3, -0.25) is 4.79 Å². The van der Waals surface area contributed by atoms with Crippen molar-refractivity contribution in [3.63, 3.8) is 0 Å². The molecule has 1 rings (SSSR count). The van der Waals surface area contributed by atoms with Gasteiger partial charge in [0.15, 0.2) is 11.6 Å². The molecule has 0 aromatic heterocycles. The van der Waals surface area contributed by atoms with Crippen molar-refractivity contribution in [3.05, 3.63) is 23.8 Å². The molecule has 0 unspecified atom stereocenters. The summed E-state index contributed by atoms with van der Waals surface area (Å²) in [7, 11) is 0. The molecular formula is C11H10F2N2O2. The van der Waals surface area contributed by atoms with E-state index in [-0.39, 0.29) is 18.0 Å². The van der Waals surface area contributed by atoms with Crippen LogP contribution < -0.4 is 10.1 Å². The first-order chi connectivity index (χ1) is 8.08. The second kappa shape index (κ2) is 5.80. The molecular weight excluding hydrogens is 230 g/mol. The molecule has 1 aromatic carbocycles. The fraction of sp³-hybridized carbons (Fsp3) is 0.273. The number of nitrogens with zero attached hydrogens (tertiary/aromatic N) is 1. The van der Waals surface area contributed by atoms with Crippen molar-refractivity contribution in [2.24, 2.45) is 0 Å². The van der Waals surface area contributed by atoms with Crippen LogP contribution in [-0.4, -0.2) is 12.5 Å². The molecule has 0 saturated carbocycles. The van der Waals surface area contributed by atoms with E-state index in [1.165, 1.54) is 0 Å². The second-order valence-corrected chi connectivity index (χ2v) is 3.08. The molecule has 1 N–H and O–H groups in total. The molecule has 90 valence electrons. The Hall–Kier alpha value is -2.16. The summed E-state index contributed by atoms with van der Waals surface area (Å²) in [5, 5.41) is 10.5. The third kappa shape index (κ3) is 3.41. The molecule has 1 amide bonds. The number of carbonyl (C=O) groups excluding carboxylic acids is 1. The van der Waals surface area contributed by atoms with Gasteiger partial charge >= 0.3 is 0 Å². The van der Waals surface area contributed by atoms with Crippen molar-refractivity contribution < 1.29 is 18.3 Å². The van der Waals surface area contributed by atoms with Gasteiger partial charge in [-0.25, -0.2) is 8.78 Å². The van der Waals surface area contributed by atoms with Gasteiger partial charge < -0.3 is 10.1 Å². The quantitative estimate of drug-likeness (QED) is 0.877. The lowest BCUT2D eigenvalue weighted by Gasteiger charge is -2.11. The van der Waals surface area contributed by atoms with Gasteiger partial charge in [0, 0.05) is 12.1 Å². The highest BCUT2D eigenvalue weighted by atomic mass is 19.1. The van der Waals surface area contributed by atoms with Crippen LogP contribution in [0.15, 0.2) is 12.1 Å². The smallest absolute Gasteiger partial charge is 0.238 e. The minimum atomic E-state index is -0.904. The number of amides is 1. The first kappa shape index (κ1) is 12.9. The van der Waals surface area contributed by atoms with Gasteiger partial charge in [0.1, 0.15) is 12.2 Å². The molecule has 0 atom stereocenters. The van der Waals surface area contributed by atoms with Gasteiger partial charge in [-0.15, -0.1) is 0 Å². The van der Waals surface area contributed by atoms with Crippen LogP contribution >= 0.6 is 0 Å². The number of carbonyl (C=O) groups is 1. The Morgan fingerprint density at radius 2 is 2.24 bits per heavy atom. The van der Waals surface area contributed by atoms with Crippen molar-refractivity contribution >= 4 is 11.6 Å². The maximum absolute atomic E-state index is 13.4. The molecule has 0 aliphatic rings. The van der Waals surface area contributed by atoms with E-state index in [4.69, 9.17) is 10.00 Å². The van der Waals surface area contributed by atoms with Crippen molar-refractivity contribution in [1.82, 2.24) is 0 Å². The second-order valence-electron chi connectivity index (χ2n) is 3.08. The number of nitriles is 1. The van der Waals surface area contributed by atoms with E-state index in [1.54, 1.807) is 13.0 Å².